The number of aliphatic hydroxyl groups is 1. The summed E-state index contributed by atoms with van der Waals surface area (Å²) in [4.78, 5) is 11.9. The Labute approximate surface area is 118 Å². The van der Waals surface area contributed by atoms with Crippen LogP contribution in [0, 0.1) is 0 Å². The Balaban J connectivity index is 2.16. The van der Waals surface area contributed by atoms with Gasteiger partial charge in [-0.05, 0) is 22.0 Å². The first-order valence-corrected chi connectivity index (χ1v) is 6.50. The highest BCUT2D eigenvalue weighted by Gasteiger charge is 2.08. The summed E-state index contributed by atoms with van der Waals surface area (Å²) < 4.78 is 3.36. The van der Waals surface area contributed by atoms with Crippen molar-refractivity contribution < 1.29 is 5.11 Å². The van der Waals surface area contributed by atoms with Crippen molar-refractivity contribution in [2.24, 2.45) is 7.05 Å². The molecule has 0 aliphatic rings. The minimum Gasteiger partial charge on any atom is -0.394 e. The van der Waals surface area contributed by atoms with Crippen LogP contribution in [0.4, 0.5) is 5.69 Å². The zero-order chi connectivity index (χ0) is 13.8. The van der Waals surface area contributed by atoms with Crippen LogP contribution >= 0.6 is 15.9 Å². The lowest BCUT2D eigenvalue weighted by Gasteiger charge is -2.10. The van der Waals surface area contributed by atoms with Gasteiger partial charge in [0.2, 0.25) is 0 Å². The van der Waals surface area contributed by atoms with Crippen molar-refractivity contribution in [3.05, 3.63) is 39.0 Å². The third-order valence-electron chi connectivity index (χ3n) is 2.68. The van der Waals surface area contributed by atoms with E-state index in [2.05, 4.69) is 31.4 Å². The molecule has 0 saturated carbocycles. The smallest absolute Gasteiger partial charge is 0.283 e. The number of rotatable bonds is 5. The van der Waals surface area contributed by atoms with E-state index in [1.807, 2.05) is 13.1 Å². The molecule has 2 aromatic rings. The Kier molecular flexibility index (Phi) is 4.33. The molecule has 0 aliphatic heterocycles. The summed E-state index contributed by atoms with van der Waals surface area (Å²) in [7, 11) is 1.85. The van der Waals surface area contributed by atoms with Gasteiger partial charge in [-0.1, -0.05) is 0 Å². The van der Waals surface area contributed by atoms with E-state index >= 15 is 0 Å². The van der Waals surface area contributed by atoms with Crippen molar-refractivity contribution in [2.75, 3.05) is 11.9 Å². The van der Waals surface area contributed by atoms with Crippen LogP contribution in [0.5, 0.6) is 0 Å². The molecule has 0 spiro atoms. The molecular weight excluding hydrogens is 314 g/mol. The molecule has 0 atom stereocenters. The molecular formula is C11H14BrN5O2. The maximum Gasteiger partial charge on any atom is 0.283 e. The first kappa shape index (κ1) is 13.8. The van der Waals surface area contributed by atoms with Crippen LogP contribution in [0.1, 0.15) is 5.69 Å². The number of anilines is 1. The van der Waals surface area contributed by atoms with Gasteiger partial charge in [-0.15, -0.1) is 0 Å². The number of hydrogen-bond acceptors (Lipinski definition) is 5. The number of halogens is 1. The Hall–Kier alpha value is -1.67. The molecule has 102 valence electrons. The van der Waals surface area contributed by atoms with E-state index in [0.717, 1.165) is 5.69 Å². The van der Waals surface area contributed by atoms with Crippen molar-refractivity contribution >= 4 is 21.6 Å². The summed E-state index contributed by atoms with van der Waals surface area (Å²) in [5.74, 6) is 0. The predicted molar refractivity (Wildman–Crippen MR) is 73.8 cm³/mol. The molecule has 19 heavy (non-hydrogen) atoms. The average Bonchev–Trinajstić information content (AvgIpc) is 2.80. The SMILES string of the molecule is Cn1nccc1CNc1cnn(CCO)c(=O)c1Br. The van der Waals surface area contributed by atoms with Gasteiger partial charge in [0.25, 0.3) is 5.56 Å². The van der Waals surface area contributed by atoms with E-state index in [0.29, 0.717) is 16.7 Å². The zero-order valence-corrected chi connectivity index (χ0v) is 12.0. The Morgan fingerprint density at radius 3 is 2.89 bits per heavy atom. The van der Waals surface area contributed by atoms with Gasteiger partial charge in [0.05, 0.1) is 37.3 Å². The van der Waals surface area contributed by atoms with E-state index in [1.165, 1.54) is 4.68 Å². The summed E-state index contributed by atoms with van der Waals surface area (Å²) >= 11 is 3.24. The average molecular weight is 328 g/mol. The van der Waals surface area contributed by atoms with E-state index in [-0.39, 0.29) is 18.7 Å². The maximum atomic E-state index is 11.9. The molecule has 8 heteroatoms. The largest absolute Gasteiger partial charge is 0.394 e. The zero-order valence-electron chi connectivity index (χ0n) is 10.4. The summed E-state index contributed by atoms with van der Waals surface area (Å²) in [5, 5.41) is 20.0. The van der Waals surface area contributed by atoms with Gasteiger partial charge in [0, 0.05) is 13.2 Å². The number of nitrogens with zero attached hydrogens (tertiary/aromatic N) is 4. The molecule has 0 aromatic carbocycles. The van der Waals surface area contributed by atoms with Crippen LogP contribution in [0.15, 0.2) is 27.7 Å². The Morgan fingerprint density at radius 1 is 1.47 bits per heavy atom. The van der Waals surface area contributed by atoms with Gasteiger partial charge < -0.3 is 10.4 Å². The van der Waals surface area contributed by atoms with E-state index in [1.54, 1.807) is 17.1 Å². The minimum atomic E-state index is -0.274. The normalized spacial score (nSPS) is 10.7. The molecule has 0 aliphatic carbocycles. The lowest BCUT2D eigenvalue weighted by atomic mass is 10.4. The molecule has 0 unspecified atom stereocenters. The van der Waals surface area contributed by atoms with Crippen molar-refractivity contribution in [1.82, 2.24) is 19.6 Å². The maximum absolute atomic E-state index is 11.9. The molecule has 2 N–H and O–H groups in total. The molecule has 7 nitrogen and oxygen atoms in total. The van der Waals surface area contributed by atoms with Crippen molar-refractivity contribution in [2.45, 2.75) is 13.1 Å². The van der Waals surface area contributed by atoms with E-state index < -0.39 is 0 Å². The second-order valence-electron chi connectivity index (χ2n) is 3.92. The van der Waals surface area contributed by atoms with Gasteiger partial charge in [-0.3, -0.25) is 9.48 Å². The van der Waals surface area contributed by atoms with Gasteiger partial charge in [-0.25, -0.2) is 4.68 Å². The Bertz CT molecular complexity index is 622. The third kappa shape index (κ3) is 3.02. The van der Waals surface area contributed by atoms with Crippen molar-refractivity contribution in [3.63, 3.8) is 0 Å². The van der Waals surface area contributed by atoms with Crippen molar-refractivity contribution in [3.8, 4) is 0 Å². The fraction of sp³-hybridized carbons (Fsp3) is 0.364. The first-order valence-electron chi connectivity index (χ1n) is 5.70. The molecule has 0 saturated heterocycles. The number of aryl methyl sites for hydroxylation is 1. The minimum absolute atomic E-state index is 0.124. The molecule has 0 bridgehead atoms. The van der Waals surface area contributed by atoms with Crippen LogP contribution in [-0.4, -0.2) is 31.3 Å². The lowest BCUT2D eigenvalue weighted by molar-refractivity contribution is 0.266. The summed E-state index contributed by atoms with van der Waals surface area (Å²) in [6.45, 7) is 0.598. The fourth-order valence-corrected chi connectivity index (χ4v) is 2.05. The van der Waals surface area contributed by atoms with Crippen LogP contribution in [0.25, 0.3) is 0 Å². The fourth-order valence-electron chi connectivity index (χ4n) is 1.60. The van der Waals surface area contributed by atoms with Crippen LogP contribution < -0.4 is 10.9 Å². The second kappa shape index (κ2) is 5.98. The molecule has 2 heterocycles. The molecule has 0 fully saturated rings. The van der Waals surface area contributed by atoms with Crippen LogP contribution in [0.2, 0.25) is 0 Å². The number of hydrogen-bond donors (Lipinski definition) is 2. The van der Waals surface area contributed by atoms with Crippen molar-refractivity contribution in [1.29, 1.82) is 0 Å². The summed E-state index contributed by atoms with van der Waals surface area (Å²) in [5.41, 5.74) is 1.33. The molecule has 2 rings (SSSR count). The summed E-state index contributed by atoms with van der Waals surface area (Å²) in [6, 6.07) is 1.89. The highest BCUT2D eigenvalue weighted by Crippen LogP contribution is 2.16. The lowest BCUT2D eigenvalue weighted by Crippen LogP contribution is -2.25. The molecule has 0 radical (unpaired) electrons. The number of nitrogens with one attached hydrogen (secondary N) is 1. The highest BCUT2D eigenvalue weighted by molar-refractivity contribution is 9.10. The molecule has 0 amide bonds. The van der Waals surface area contributed by atoms with Gasteiger partial charge >= 0.3 is 0 Å². The van der Waals surface area contributed by atoms with Crippen LogP contribution in [-0.2, 0) is 20.1 Å². The Morgan fingerprint density at radius 2 is 2.26 bits per heavy atom. The number of aromatic nitrogens is 4. The van der Waals surface area contributed by atoms with Gasteiger partial charge in [0.15, 0.2) is 0 Å². The summed E-state index contributed by atoms with van der Waals surface area (Å²) in [6.07, 6.45) is 3.26. The second-order valence-corrected chi connectivity index (χ2v) is 4.72. The molecule has 2 aromatic heterocycles. The highest BCUT2D eigenvalue weighted by atomic mass is 79.9. The first-order chi connectivity index (χ1) is 9.13. The quantitative estimate of drug-likeness (QED) is 0.827. The van der Waals surface area contributed by atoms with E-state index in [4.69, 9.17) is 5.11 Å². The topological polar surface area (TPSA) is 85.0 Å². The van der Waals surface area contributed by atoms with Gasteiger partial charge in [0.1, 0.15) is 4.47 Å². The van der Waals surface area contributed by atoms with E-state index in [9.17, 15) is 4.79 Å². The number of aliphatic hydroxyl groups excluding tert-OH is 1. The predicted octanol–water partition coefficient (Wildman–Crippen LogP) is 0.344. The monoisotopic (exact) mass is 327 g/mol. The standard InChI is InChI=1S/C11H14BrN5O2/c1-16-8(2-3-14-16)6-13-9-7-15-17(4-5-18)11(19)10(9)12/h2-3,7,13,18H,4-6H2,1H3. The third-order valence-corrected chi connectivity index (χ3v) is 3.45. The van der Waals surface area contributed by atoms with Crippen LogP contribution in [0.3, 0.4) is 0 Å². The van der Waals surface area contributed by atoms with Gasteiger partial charge in [-0.2, -0.15) is 10.2 Å².